The van der Waals surface area contributed by atoms with Crippen LogP contribution in [0, 0.1) is 5.82 Å². The van der Waals surface area contributed by atoms with Crippen molar-refractivity contribution in [2.24, 2.45) is 4.99 Å². The molecule has 0 atom stereocenters. The molecule has 3 heterocycles. The number of esters is 1. The van der Waals surface area contributed by atoms with Gasteiger partial charge in [0.15, 0.2) is 22.9 Å². The SMILES string of the molecule is CCOC(=O)c1c(Nc2ccc(OCCOC)cc2F)oc(C=C2C=Nc3ncccc32)c1O. The van der Waals surface area contributed by atoms with E-state index in [2.05, 4.69) is 15.3 Å². The van der Waals surface area contributed by atoms with Gasteiger partial charge in [-0.2, -0.15) is 0 Å². The third kappa shape index (κ3) is 4.76. The lowest BCUT2D eigenvalue weighted by atomic mass is 10.1. The molecule has 10 heteroatoms. The van der Waals surface area contributed by atoms with Crippen molar-refractivity contribution in [1.82, 2.24) is 4.98 Å². The van der Waals surface area contributed by atoms with E-state index in [1.807, 2.05) is 6.07 Å². The highest BCUT2D eigenvalue weighted by Gasteiger charge is 2.28. The van der Waals surface area contributed by atoms with Crippen LogP contribution in [-0.4, -0.2) is 49.2 Å². The van der Waals surface area contributed by atoms with Gasteiger partial charge in [0.2, 0.25) is 5.88 Å². The summed E-state index contributed by atoms with van der Waals surface area (Å²) in [5.41, 5.74) is 1.11. The number of allylic oxidation sites excluding steroid dienone is 1. The molecule has 0 saturated heterocycles. The van der Waals surface area contributed by atoms with Gasteiger partial charge in [0.05, 0.1) is 18.9 Å². The quantitative estimate of drug-likeness (QED) is 0.343. The smallest absolute Gasteiger partial charge is 0.347 e. The molecule has 0 saturated carbocycles. The number of hydrogen-bond donors (Lipinski definition) is 2. The Bertz CT molecular complexity index is 1270. The number of methoxy groups -OCH3 is 1. The summed E-state index contributed by atoms with van der Waals surface area (Å²) in [6.45, 7) is 2.33. The maximum absolute atomic E-state index is 14.7. The number of nitrogens with one attached hydrogen (secondary N) is 1. The lowest BCUT2D eigenvalue weighted by Gasteiger charge is -2.10. The number of rotatable bonds is 9. The normalized spacial score (nSPS) is 13.2. The number of carbonyl (C=O) groups is 1. The number of ether oxygens (including phenoxy) is 3. The van der Waals surface area contributed by atoms with Gasteiger partial charge in [0, 0.05) is 36.7 Å². The van der Waals surface area contributed by atoms with Crippen LogP contribution in [0.4, 0.5) is 21.8 Å². The molecular weight excluding hydrogens is 445 g/mol. The van der Waals surface area contributed by atoms with E-state index in [4.69, 9.17) is 18.6 Å². The number of halogens is 1. The van der Waals surface area contributed by atoms with Crippen LogP contribution in [0.5, 0.6) is 11.5 Å². The molecule has 1 aliphatic rings. The number of aromatic nitrogens is 1. The largest absolute Gasteiger partial charge is 0.504 e. The second kappa shape index (κ2) is 10.2. The molecule has 0 aliphatic carbocycles. The molecule has 1 aliphatic heterocycles. The Morgan fingerprint density at radius 1 is 1.29 bits per heavy atom. The van der Waals surface area contributed by atoms with E-state index in [1.165, 1.54) is 25.3 Å². The minimum atomic E-state index is -0.821. The van der Waals surface area contributed by atoms with Gasteiger partial charge in [0.1, 0.15) is 18.2 Å². The molecule has 2 aromatic heterocycles. The van der Waals surface area contributed by atoms with E-state index < -0.39 is 17.5 Å². The number of aromatic hydroxyl groups is 1. The summed E-state index contributed by atoms with van der Waals surface area (Å²) >= 11 is 0. The Labute approximate surface area is 194 Å². The highest BCUT2D eigenvalue weighted by Crippen LogP contribution is 2.39. The molecule has 3 aromatic rings. The van der Waals surface area contributed by atoms with Crippen molar-refractivity contribution in [2.75, 3.05) is 32.2 Å². The molecule has 0 radical (unpaired) electrons. The van der Waals surface area contributed by atoms with E-state index in [0.29, 0.717) is 23.7 Å². The molecule has 0 fully saturated rings. The number of nitrogens with zero attached hydrogens (tertiary/aromatic N) is 2. The van der Waals surface area contributed by atoms with Gasteiger partial charge in [0.25, 0.3) is 0 Å². The van der Waals surface area contributed by atoms with Crippen LogP contribution in [0.15, 0.2) is 45.9 Å². The summed E-state index contributed by atoms with van der Waals surface area (Å²) in [7, 11) is 1.54. The van der Waals surface area contributed by atoms with Crippen LogP contribution in [0.25, 0.3) is 11.6 Å². The van der Waals surface area contributed by atoms with Crippen LogP contribution in [-0.2, 0) is 9.47 Å². The van der Waals surface area contributed by atoms with Crippen LogP contribution < -0.4 is 10.1 Å². The third-order valence-electron chi connectivity index (χ3n) is 4.84. The standard InChI is InChI=1S/C24H22FN3O6/c1-3-32-24(30)20-21(29)19(11-14-13-27-22-16(14)5-4-8-26-22)34-23(20)28-18-7-6-15(12-17(18)25)33-10-9-31-2/h4-8,11-13,28-29H,3,9-10H2,1-2H3. The highest BCUT2D eigenvalue weighted by atomic mass is 19.1. The van der Waals surface area contributed by atoms with Gasteiger partial charge in [-0.05, 0) is 37.3 Å². The topological polar surface area (TPSA) is 115 Å². The van der Waals surface area contributed by atoms with E-state index >= 15 is 0 Å². The summed E-state index contributed by atoms with van der Waals surface area (Å²) in [5, 5.41) is 13.5. The Morgan fingerprint density at radius 3 is 2.91 bits per heavy atom. The van der Waals surface area contributed by atoms with Gasteiger partial charge in [-0.3, -0.25) is 0 Å². The first kappa shape index (κ1) is 23.0. The molecule has 4 rings (SSSR count). The first-order chi connectivity index (χ1) is 16.5. The van der Waals surface area contributed by atoms with Crippen molar-refractivity contribution < 1.29 is 32.9 Å². The molecule has 2 N–H and O–H groups in total. The summed E-state index contributed by atoms with van der Waals surface area (Å²) in [6.07, 6.45) is 4.70. The predicted molar refractivity (Wildman–Crippen MR) is 124 cm³/mol. The number of fused-ring (bicyclic) bond motifs is 1. The van der Waals surface area contributed by atoms with Crippen LogP contribution >= 0.6 is 0 Å². The Kier molecular flexibility index (Phi) is 6.88. The zero-order valence-electron chi connectivity index (χ0n) is 18.5. The number of hydrogen-bond acceptors (Lipinski definition) is 9. The second-order valence-corrected chi connectivity index (χ2v) is 7.08. The summed E-state index contributed by atoms with van der Waals surface area (Å²) in [4.78, 5) is 20.9. The fourth-order valence-electron chi connectivity index (χ4n) is 3.25. The van der Waals surface area contributed by atoms with Gasteiger partial charge >= 0.3 is 5.97 Å². The summed E-state index contributed by atoms with van der Waals surface area (Å²) in [6, 6.07) is 7.74. The van der Waals surface area contributed by atoms with Crippen molar-refractivity contribution in [2.45, 2.75) is 6.92 Å². The Morgan fingerprint density at radius 2 is 2.15 bits per heavy atom. The fourth-order valence-corrected chi connectivity index (χ4v) is 3.25. The van der Waals surface area contributed by atoms with Crippen LogP contribution in [0.1, 0.15) is 28.6 Å². The Hall–Kier alpha value is -4.18. The van der Waals surface area contributed by atoms with Gasteiger partial charge in [-0.25, -0.2) is 19.2 Å². The molecule has 0 spiro atoms. The number of pyridine rings is 1. The molecule has 0 amide bonds. The maximum atomic E-state index is 14.7. The fraction of sp³-hybridized carbons (Fsp3) is 0.208. The molecule has 0 bridgehead atoms. The van der Waals surface area contributed by atoms with Crippen molar-refractivity contribution in [3.8, 4) is 11.5 Å². The first-order valence-corrected chi connectivity index (χ1v) is 10.4. The van der Waals surface area contributed by atoms with Gasteiger partial charge in [-0.15, -0.1) is 0 Å². The minimum Gasteiger partial charge on any atom is -0.504 e. The molecule has 176 valence electrons. The second-order valence-electron chi connectivity index (χ2n) is 7.08. The zero-order chi connectivity index (χ0) is 24.1. The van der Waals surface area contributed by atoms with Crippen molar-refractivity contribution in [1.29, 1.82) is 0 Å². The lowest BCUT2D eigenvalue weighted by Crippen LogP contribution is -2.07. The molecule has 9 nitrogen and oxygen atoms in total. The molecule has 0 unspecified atom stereocenters. The monoisotopic (exact) mass is 467 g/mol. The number of benzene rings is 1. The number of anilines is 2. The van der Waals surface area contributed by atoms with Crippen LogP contribution in [0.3, 0.4) is 0 Å². The van der Waals surface area contributed by atoms with E-state index in [9.17, 15) is 14.3 Å². The summed E-state index contributed by atoms with van der Waals surface area (Å²) < 4.78 is 35.8. The van der Waals surface area contributed by atoms with E-state index in [-0.39, 0.29) is 36.1 Å². The van der Waals surface area contributed by atoms with Crippen molar-refractivity contribution in [3.05, 3.63) is 59.2 Å². The molecular formula is C24H22FN3O6. The van der Waals surface area contributed by atoms with Crippen molar-refractivity contribution in [3.63, 3.8) is 0 Å². The van der Waals surface area contributed by atoms with Gasteiger partial charge < -0.3 is 29.1 Å². The summed E-state index contributed by atoms with van der Waals surface area (Å²) in [5.74, 6) is -1.27. The molecule has 34 heavy (non-hydrogen) atoms. The van der Waals surface area contributed by atoms with Gasteiger partial charge in [-0.1, -0.05) is 0 Å². The first-order valence-electron chi connectivity index (χ1n) is 10.4. The predicted octanol–water partition coefficient (Wildman–Crippen LogP) is 4.72. The average Bonchev–Trinajstić information content (AvgIpc) is 3.37. The minimum absolute atomic E-state index is 0.00886. The van der Waals surface area contributed by atoms with Crippen LogP contribution in [0.2, 0.25) is 0 Å². The third-order valence-corrected chi connectivity index (χ3v) is 4.84. The van der Waals surface area contributed by atoms with E-state index in [1.54, 1.807) is 31.5 Å². The lowest BCUT2D eigenvalue weighted by molar-refractivity contribution is 0.0524. The maximum Gasteiger partial charge on any atom is 0.347 e. The zero-order valence-corrected chi connectivity index (χ0v) is 18.5. The van der Waals surface area contributed by atoms with E-state index in [0.717, 1.165) is 5.56 Å². The Balaban J connectivity index is 1.67. The highest BCUT2D eigenvalue weighted by molar-refractivity contribution is 6.21. The van der Waals surface area contributed by atoms with Crippen molar-refractivity contribution >= 4 is 41.2 Å². The molecule has 1 aromatic carbocycles. The number of aliphatic imine (C=N–C) groups is 1. The number of furan rings is 1. The average molecular weight is 467 g/mol. The number of carbonyl (C=O) groups excluding carboxylic acids is 1.